The molecule has 2 saturated heterocycles. The number of rotatable bonds is 3. The zero-order valence-corrected chi connectivity index (χ0v) is 14.1. The Morgan fingerprint density at radius 3 is 2.24 bits per heavy atom. The Kier molecular flexibility index (Phi) is 3.57. The van der Waals surface area contributed by atoms with Crippen molar-refractivity contribution in [2.75, 3.05) is 22.1 Å². The molecule has 2 fully saturated rings. The highest BCUT2D eigenvalue weighted by Crippen LogP contribution is 2.31. The average Bonchev–Trinajstić information content (AvgIpc) is 3.00. The number of urea groups is 1. The second-order valence-corrected chi connectivity index (χ2v) is 8.39. The van der Waals surface area contributed by atoms with Crippen LogP contribution in [0, 0.1) is 0 Å². The van der Waals surface area contributed by atoms with Gasteiger partial charge in [-0.1, -0.05) is 0 Å². The number of carbonyl (C=O) groups is 1. The maximum Gasteiger partial charge on any atom is 0.322 e. The predicted octanol–water partition coefficient (Wildman–Crippen LogP) is 1.76. The van der Waals surface area contributed by atoms with E-state index in [4.69, 9.17) is 10.5 Å². The number of carbonyl (C=O) groups excluding carboxylic acids is 1. The van der Waals surface area contributed by atoms with Crippen LogP contribution in [0.25, 0.3) is 0 Å². The molecule has 2 aliphatic heterocycles. The van der Waals surface area contributed by atoms with Crippen LogP contribution >= 0.6 is 0 Å². The van der Waals surface area contributed by atoms with Gasteiger partial charge in [0.2, 0.25) is 0 Å². The first kappa shape index (κ1) is 15.8. The van der Waals surface area contributed by atoms with Gasteiger partial charge >= 0.3 is 6.03 Å². The average molecular weight is 359 g/mol. The van der Waals surface area contributed by atoms with Gasteiger partial charge in [0.05, 0.1) is 23.6 Å². The normalized spacial score (nSPS) is 24.0. The molecule has 7 nitrogen and oxygen atoms in total. The van der Waals surface area contributed by atoms with Crippen molar-refractivity contribution in [1.82, 2.24) is 5.32 Å². The SMILES string of the molecule is Nc1ccc(Oc2ccc(N3C(=O)N[C@@H]4CS(=O)(=O)C[C@@H]43)cc2)cc1. The molecule has 2 heterocycles. The first-order chi connectivity index (χ1) is 11.9. The van der Waals surface area contributed by atoms with Crippen LogP contribution in [-0.2, 0) is 9.84 Å². The van der Waals surface area contributed by atoms with Crippen molar-refractivity contribution in [2.45, 2.75) is 12.1 Å². The van der Waals surface area contributed by atoms with Gasteiger partial charge in [-0.25, -0.2) is 13.2 Å². The molecule has 0 unspecified atom stereocenters. The quantitative estimate of drug-likeness (QED) is 0.642. The second-order valence-electron chi connectivity index (χ2n) is 6.24. The largest absolute Gasteiger partial charge is 0.457 e. The third-order valence-corrected chi connectivity index (χ3v) is 6.13. The molecule has 2 aliphatic rings. The summed E-state index contributed by atoms with van der Waals surface area (Å²) in [4.78, 5) is 13.7. The number of hydrogen-bond acceptors (Lipinski definition) is 5. The molecule has 0 spiro atoms. The van der Waals surface area contributed by atoms with Crippen LogP contribution < -0.4 is 20.7 Å². The molecular weight excluding hydrogens is 342 g/mol. The van der Waals surface area contributed by atoms with E-state index in [-0.39, 0.29) is 29.6 Å². The fourth-order valence-corrected chi connectivity index (χ4v) is 5.15. The molecule has 2 aromatic rings. The lowest BCUT2D eigenvalue weighted by Gasteiger charge is -2.21. The topological polar surface area (TPSA) is 102 Å². The summed E-state index contributed by atoms with van der Waals surface area (Å²) in [5, 5.41) is 2.74. The summed E-state index contributed by atoms with van der Waals surface area (Å²) in [5.41, 5.74) is 6.94. The van der Waals surface area contributed by atoms with E-state index in [1.54, 1.807) is 48.5 Å². The number of nitrogens with two attached hydrogens (primary N) is 1. The zero-order valence-electron chi connectivity index (χ0n) is 13.3. The van der Waals surface area contributed by atoms with Crippen LogP contribution in [0.4, 0.5) is 16.2 Å². The van der Waals surface area contributed by atoms with Gasteiger partial charge in [-0.15, -0.1) is 0 Å². The van der Waals surface area contributed by atoms with Crippen molar-refractivity contribution in [1.29, 1.82) is 0 Å². The number of ether oxygens (including phenoxy) is 1. The number of fused-ring (bicyclic) bond motifs is 1. The van der Waals surface area contributed by atoms with Crippen molar-refractivity contribution in [3.63, 3.8) is 0 Å². The maximum atomic E-state index is 12.2. The molecule has 0 aliphatic carbocycles. The first-order valence-electron chi connectivity index (χ1n) is 7.85. The lowest BCUT2D eigenvalue weighted by atomic mass is 10.1. The zero-order chi connectivity index (χ0) is 17.6. The van der Waals surface area contributed by atoms with E-state index >= 15 is 0 Å². The minimum absolute atomic E-state index is 0.00175. The molecule has 130 valence electrons. The Morgan fingerprint density at radius 2 is 1.60 bits per heavy atom. The van der Waals surface area contributed by atoms with Crippen LogP contribution in [0.15, 0.2) is 48.5 Å². The number of anilines is 2. The Balaban J connectivity index is 1.53. The van der Waals surface area contributed by atoms with Crippen molar-refractivity contribution in [3.8, 4) is 11.5 Å². The number of sulfone groups is 1. The number of hydrogen-bond donors (Lipinski definition) is 2. The van der Waals surface area contributed by atoms with E-state index < -0.39 is 9.84 Å². The van der Waals surface area contributed by atoms with Gasteiger partial charge in [0, 0.05) is 11.4 Å². The van der Waals surface area contributed by atoms with Gasteiger partial charge in [-0.05, 0) is 48.5 Å². The van der Waals surface area contributed by atoms with Gasteiger partial charge in [0.15, 0.2) is 9.84 Å². The van der Waals surface area contributed by atoms with Crippen LogP contribution in [-0.4, -0.2) is 38.0 Å². The molecule has 3 N–H and O–H groups in total. The van der Waals surface area contributed by atoms with Crippen molar-refractivity contribution >= 4 is 27.2 Å². The number of nitrogens with zero attached hydrogens (tertiary/aromatic N) is 1. The summed E-state index contributed by atoms with van der Waals surface area (Å²) in [6, 6.07) is 13.1. The Bertz CT molecular complexity index is 910. The number of nitrogens with one attached hydrogen (secondary N) is 1. The first-order valence-corrected chi connectivity index (χ1v) is 9.67. The summed E-state index contributed by atoms with van der Waals surface area (Å²) in [5.74, 6) is 1.25. The summed E-state index contributed by atoms with van der Waals surface area (Å²) in [6.07, 6.45) is 0. The van der Waals surface area contributed by atoms with Gasteiger partial charge in [-0.2, -0.15) is 0 Å². The molecule has 25 heavy (non-hydrogen) atoms. The van der Waals surface area contributed by atoms with Crippen LogP contribution in [0.5, 0.6) is 11.5 Å². The highest BCUT2D eigenvalue weighted by Gasteiger charge is 2.49. The molecule has 2 atom stereocenters. The summed E-state index contributed by atoms with van der Waals surface area (Å²) in [7, 11) is -3.11. The maximum absolute atomic E-state index is 12.2. The minimum Gasteiger partial charge on any atom is -0.457 e. The highest BCUT2D eigenvalue weighted by atomic mass is 32.2. The van der Waals surface area contributed by atoms with Gasteiger partial charge in [-0.3, -0.25) is 4.90 Å². The lowest BCUT2D eigenvalue weighted by Crippen LogP contribution is -2.36. The molecule has 0 radical (unpaired) electrons. The van der Waals surface area contributed by atoms with Crippen molar-refractivity contribution in [3.05, 3.63) is 48.5 Å². The monoisotopic (exact) mass is 359 g/mol. The fraction of sp³-hybridized carbons (Fsp3) is 0.235. The third kappa shape index (κ3) is 3.00. The van der Waals surface area contributed by atoms with Crippen molar-refractivity contribution < 1.29 is 17.9 Å². The third-order valence-electron chi connectivity index (χ3n) is 4.41. The predicted molar refractivity (Wildman–Crippen MR) is 94.6 cm³/mol. The number of nitrogen functional groups attached to an aromatic ring is 1. The Morgan fingerprint density at radius 1 is 1.00 bits per heavy atom. The van der Waals surface area contributed by atoms with E-state index in [1.165, 1.54) is 4.90 Å². The molecule has 2 amide bonds. The molecule has 0 bridgehead atoms. The Labute approximate surface area is 145 Å². The van der Waals surface area contributed by atoms with Gasteiger partial charge in [0.25, 0.3) is 0 Å². The van der Waals surface area contributed by atoms with E-state index in [0.717, 1.165) is 0 Å². The molecule has 0 saturated carbocycles. The van der Waals surface area contributed by atoms with Gasteiger partial charge < -0.3 is 15.8 Å². The summed E-state index contributed by atoms with van der Waals surface area (Å²) in [6.45, 7) is 0. The number of benzene rings is 2. The molecule has 0 aromatic heterocycles. The summed E-state index contributed by atoms with van der Waals surface area (Å²) >= 11 is 0. The standard InChI is InChI=1S/C17H17N3O4S/c18-11-1-5-13(6-2-11)24-14-7-3-12(4-8-14)20-16-10-25(22,23)9-15(16)19-17(20)21/h1-8,15-16H,9-10,18H2,(H,19,21)/t15-,16+/m1/s1. The Hall–Kier alpha value is -2.74. The molecule has 2 aromatic carbocycles. The molecule has 8 heteroatoms. The molecular formula is C17H17N3O4S. The van der Waals surface area contributed by atoms with Crippen LogP contribution in [0.1, 0.15) is 0 Å². The number of amides is 2. The summed E-state index contributed by atoms with van der Waals surface area (Å²) < 4.78 is 29.3. The fourth-order valence-electron chi connectivity index (χ4n) is 3.26. The highest BCUT2D eigenvalue weighted by molar-refractivity contribution is 7.91. The second kappa shape index (κ2) is 5.66. The molecule has 4 rings (SSSR count). The van der Waals surface area contributed by atoms with E-state index in [0.29, 0.717) is 22.9 Å². The smallest absolute Gasteiger partial charge is 0.322 e. The van der Waals surface area contributed by atoms with E-state index in [9.17, 15) is 13.2 Å². The minimum atomic E-state index is -3.11. The van der Waals surface area contributed by atoms with Gasteiger partial charge in [0.1, 0.15) is 11.5 Å². The van der Waals surface area contributed by atoms with Crippen LogP contribution in [0.2, 0.25) is 0 Å². The van der Waals surface area contributed by atoms with Crippen molar-refractivity contribution in [2.24, 2.45) is 0 Å². The van der Waals surface area contributed by atoms with E-state index in [1.807, 2.05) is 0 Å². The van der Waals surface area contributed by atoms with E-state index in [2.05, 4.69) is 5.32 Å². The lowest BCUT2D eigenvalue weighted by molar-refractivity contribution is 0.251. The van der Waals surface area contributed by atoms with Crippen LogP contribution in [0.3, 0.4) is 0 Å².